The van der Waals surface area contributed by atoms with Gasteiger partial charge in [0.05, 0.1) is 5.69 Å². The standard InChI is InChI=1S/C14H18N4O3S/c1-8-7-16-14(22-8)17-13(20)12(19)15-6-4-5-11-9(2)18-21-10(11)3/h7H,4-6H2,1-3H3,(H,15,19)(H,16,17,20). The molecule has 118 valence electrons. The Kier molecular flexibility index (Phi) is 5.26. The van der Waals surface area contributed by atoms with Crippen LogP contribution in [0.5, 0.6) is 0 Å². The van der Waals surface area contributed by atoms with Crippen LogP contribution in [-0.2, 0) is 16.0 Å². The van der Waals surface area contributed by atoms with Crippen molar-refractivity contribution in [3.63, 3.8) is 0 Å². The van der Waals surface area contributed by atoms with E-state index in [0.29, 0.717) is 18.1 Å². The molecule has 8 heteroatoms. The minimum Gasteiger partial charge on any atom is -0.361 e. The van der Waals surface area contributed by atoms with Crippen molar-refractivity contribution in [3.05, 3.63) is 28.1 Å². The third-order valence-electron chi connectivity index (χ3n) is 3.12. The van der Waals surface area contributed by atoms with Crippen molar-refractivity contribution < 1.29 is 14.1 Å². The Balaban J connectivity index is 1.72. The molecule has 2 aromatic heterocycles. The number of aryl methyl sites for hydroxylation is 3. The van der Waals surface area contributed by atoms with Gasteiger partial charge >= 0.3 is 11.8 Å². The quantitative estimate of drug-likeness (QED) is 0.645. The average Bonchev–Trinajstić information content (AvgIpc) is 3.02. The summed E-state index contributed by atoms with van der Waals surface area (Å²) in [6.45, 7) is 6.03. The van der Waals surface area contributed by atoms with Gasteiger partial charge in [-0.05, 0) is 33.6 Å². The lowest BCUT2D eigenvalue weighted by Crippen LogP contribution is -2.36. The zero-order chi connectivity index (χ0) is 16.1. The van der Waals surface area contributed by atoms with Crippen LogP contribution < -0.4 is 10.6 Å². The summed E-state index contributed by atoms with van der Waals surface area (Å²) in [5.41, 5.74) is 1.91. The average molecular weight is 322 g/mol. The first-order valence-corrected chi connectivity index (χ1v) is 7.72. The van der Waals surface area contributed by atoms with E-state index in [2.05, 4.69) is 20.8 Å². The molecule has 0 aliphatic carbocycles. The van der Waals surface area contributed by atoms with Gasteiger partial charge in [-0.25, -0.2) is 4.98 Å². The highest BCUT2D eigenvalue weighted by Crippen LogP contribution is 2.16. The third kappa shape index (κ3) is 4.14. The maximum atomic E-state index is 11.7. The van der Waals surface area contributed by atoms with E-state index in [1.54, 1.807) is 6.20 Å². The van der Waals surface area contributed by atoms with E-state index in [9.17, 15) is 9.59 Å². The maximum Gasteiger partial charge on any atom is 0.315 e. The van der Waals surface area contributed by atoms with Gasteiger partial charge in [-0.2, -0.15) is 0 Å². The number of carbonyl (C=O) groups excluding carboxylic acids is 2. The van der Waals surface area contributed by atoms with E-state index in [1.807, 2.05) is 20.8 Å². The van der Waals surface area contributed by atoms with Crippen molar-refractivity contribution in [2.24, 2.45) is 0 Å². The van der Waals surface area contributed by atoms with E-state index in [1.165, 1.54) is 11.3 Å². The molecular formula is C14H18N4O3S. The number of anilines is 1. The lowest BCUT2D eigenvalue weighted by atomic mass is 10.1. The van der Waals surface area contributed by atoms with E-state index in [0.717, 1.165) is 28.3 Å². The molecule has 2 aromatic rings. The molecule has 0 saturated carbocycles. The Hall–Kier alpha value is -2.22. The van der Waals surface area contributed by atoms with Crippen molar-refractivity contribution in [2.75, 3.05) is 11.9 Å². The van der Waals surface area contributed by atoms with Crippen molar-refractivity contribution in [1.29, 1.82) is 0 Å². The number of aromatic nitrogens is 2. The van der Waals surface area contributed by atoms with Gasteiger partial charge in [0.2, 0.25) is 0 Å². The second-order valence-electron chi connectivity index (χ2n) is 4.89. The minimum atomic E-state index is -0.702. The van der Waals surface area contributed by atoms with Gasteiger partial charge in [0.1, 0.15) is 5.76 Å². The Labute approximate surface area is 132 Å². The van der Waals surface area contributed by atoms with Crippen LogP contribution in [0.15, 0.2) is 10.7 Å². The molecular weight excluding hydrogens is 304 g/mol. The van der Waals surface area contributed by atoms with E-state index in [-0.39, 0.29) is 0 Å². The van der Waals surface area contributed by atoms with E-state index in [4.69, 9.17) is 4.52 Å². The van der Waals surface area contributed by atoms with Crippen LogP contribution in [0.4, 0.5) is 5.13 Å². The predicted octanol–water partition coefficient (Wildman–Crippen LogP) is 1.74. The Morgan fingerprint density at radius 2 is 2.05 bits per heavy atom. The highest BCUT2D eigenvalue weighted by molar-refractivity contribution is 7.15. The molecule has 0 bridgehead atoms. The first-order valence-electron chi connectivity index (χ1n) is 6.90. The Morgan fingerprint density at radius 3 is 2.64 bits per heavy atom. The fourth-order valence-electron chi connectivity index (χ4n) is 1.97. The molecule has 0 unspecified atom stereocenters. The summed E-state index contributed by atoms with van der Waals surface area (Å²) in [6.07, 6.45) is 3.09. The number of nitrogens with zero attached hydrogens (tertiary/aromatic N) is 2. The van der Waals surface area contributed by atoms with Crippen LogP contribution in [0.3, 0.4) is 0 Å². The van der Waals surface area contributed by atoms with Gasteiger partial charge in [-0.1, -0.05) is 5.16 Å². The molecule has 2 N–H and O–H groups in total. The molecule has 7 nitrogen and oxygen atoms in total. The molecule has 0 aliphatic heterocycles. The Bertz CT molecular complexity index is 658. The summed E-state index contributed by atoms with van der Waals surface area (Å²) >= 11 is 1.32. The first-order chi connectivity index (χ1) is 10.5. The summed E-state index contributed by atoms with van der Waals surface area (Å²) in [5.74, 6) is -0.570. The molecule has 2 heterocycles. The summed E-state index contributed by atoms with van der Waals surface area (Å²) in [5, 5.41) is 9.35. The number of hydrogen-bond acceptors (Lipinski definition) is 6. The van der Waals surface area contributed by atoms with Gasteiger partial charge in [-0.3, -0.25) is 14.9 Å². The summed E-state index contributed by atoms with van der Waals surface area (Å²) < 4.78 is 5.07. The highest BCUT2D eigenvalue weighted by atomic mass is 32.1. The normalized spacial score (nSPS) is 10.5. The summed E-state index contributed by atoms with van der Waals surface area (Å²) in [6, 6.07) is 0. The first kappa shape index (κ1) is 16.2. The number of thiazole rings is 1. The fraction of sp³-hybridized carbons (Fsp3) is 0.429. The van der Waals surface area contributed by atoms with Crippen molar-refractivity contribution in [3.8, 4) is 0 Å². The summed E-state index contributed by atoms with van der Waals surface area (Å²) in [7, 11) is 0. The zero-order valence-corrected chi connectivity index (χ0v) is 13.5. The summed E-state index contributed by atoms with van der Waals surface area (Å²) in [4.78, 5) is 28.3. The van der Waals surface area contributed by atoms with Crippen molar-refractivity contribution >= 4 is 28.3 Å². The predicted molar refractivity (Wildman–Crippen MR) is 82.8 cm³/mol. The van der Waals surface area contributed by atoms with Crippen LogP contribution in [0.25, 0.3) is 0 Å². The van der Waals surface area contributed by atoms with Crippen molar-refractivity contribution in [1.82, 2.24) is 15.5 Å². The molecule has 0 atom stereocenters. The molecule has 0 spiro atoms. The van der Waals surface area contributed by atoms with Crippen LogP contribution in [-0.4, -0.2) is 28.5 Å². The van der Waals surface area contributed by atoms with Crippen LogP contribution in [0.1, 0.15) is 28.3 Å². The SMILES string of the molecule is Cc1cnc(NC(=O)C(=O)NCCCc2c(C)noc2C)s1. The lowest BCUT2D eigenvalue weighted by Gasteiger charge is -2.04. The highest BCUT2D eigenvalue weighted by Gasteiger charge is 2.15. The molecule has 0 radical (unpaired) electrons. The monoisotopic (exact) mass is 322 g/mol. The van der Waals surface area contributed by atoms with Crippen LogP contribution >= 0.6 is 11.3 Å². The second-order valence-corrected chi connectivity index (χ2v) is 6.13. The van der Waals surface area contributed by atoms with E-state index < -0.39 is 11.8 Å². The maximum absolute atomic E-state index is 11.7. The van der Waals surface area contributed by atoms with Gasteiger partial charge < -0.3 is 9.84 Å². The van der Waals surface area contributed by atoms with Gasteiger partial charge in [-0.15, -0.1) is 11.3 Å². The number of hydrogen-bond donors (Lipinski definition) is 2. The molecule has 0 saturated heterocycles. The van der Waals surface area contributed by atoms with E-state index >= 15 is 0 Å². The number of nitrogens with one attached hydrogen (secondary N) is 2. The number of amides is 2. The molecule has 2 rings (SSSR count). The van der Waals surface area contributed by atoms with Crippen LogP contribution in [0, 0.1) is 20.8 Å². The molecule has 2 amide bonds. The second kappa shape index (κ2) is 7.17. The Morgan fingerprint density at radius 1 is 1.27 bits per heavy atom. The van der Waals surface area contributed by atoms with Crippen LogP contribution in [0.2, 0.25) is 0 Å². The lowest BCUT2D eigenvalue weighted by molar-refractivity contribution is -0.136. The minimum absolute atomic E-state index is 0.410. The molecule has 0 fully saturated rings. The van der Waals surface area contributed by atoms with Gasteiger partial charge in [0.15, 0.2) is 5.13 Å². The third-order valence-corrected chi connectivity index (χ3v) is 3.95. The molecule has 0 aromatic carbocycles. The van der Waals surface area contributed by atoms with Gasteiger partial charge in [0, 0.05) is 23.2 Å². The largest absolute Gasteiger partial charge is 0.361 e. The zero-order valence-electron chi connectivity index (χ0n) is 12.7. The smallest absolute Gasteiger partial charge is 0.315 e. The fourth-order valence-corrected chi connectivity index (χ4v) is 2.63. The topological polar surface area (TPSA) is 97.1 Å². The molecule has 22 heavy (non-hydrogen) atoms. The number of rotatable bonds is 5. The number of carbonyl (C=O) groups is 2. The van der Waals surface area contributed by atoms with Gasteiger partial charge in [0.25, 0.3) is 0 Å². The molecule has 0 aliphatic rings. The van der Waals surface area contributed by atoms with Crippen molar-refractivity contribution in [2.45, 2.75) is 33.6 Å².